The third-order valence-corrected chi connectivity index (χ3v) is 6.97. The lowest BCUT2D eigenvalue weighted by Crippen LogP contribution is -2.30. The third kappa shape index (κ3) is 4.32. The van der Waals surface area contributed by atoms with E-state index in [0.717, 1.165) is 18.5 Å². The number of carbonyl (C=O) groups is 1. The Bertz CT molecular complexity index is 976. The summed E-state index contributed by atoms with van der Waals surface area (Å²) in [5, 5.41) is 2.93. The number of nitrogens with one attached hydrogen (secondary N) is 1. The molecule has 0 unspecified atom stereocenters. The number of benzene rings is 2. The van der Waals surface area contributed by atoms with Crippen LogP contribution in [0.15, 0.2) is 47.4 Å². The summed E-state index contributed by atoms with van der Waals surface area (Å²) in [6.45, 7) is 1.73. The van der Waals surface area contributed by atoms with Crippen molar-refractivity contribution in [2.75, 3.05) is 38.0 Å². The molecule has 150 valence electrons. The lowest BCUT2D eigenvalue weighted by atomic mass is 10.2. The fourth-order valence-electron chi connectivity index (χ4n) is 3.22. The van der Waals surface area contributed by atoms with Gasteiger partial charge in [-0.15, -0.1) is 0 Å². The van der Waals surface area contributed by atoms with E-state index in [1.54, 1.807) is 12.1 Å². The Labute approximate surface area is 171 Å². The van der Waals surface area contributed by atoms with Crippen molar-refractivity contribution in [1.29, 1.82) is 0 Å². The van der Waals surface area contributed by atoms with Gasteiger partial charge in [0.1, 0.15) is 4.90 Å². The van der Waals surface area contributed by atoms with E-state index < -0.39 is 10.0 Å². The van der Waals surface area contributed by atoms with Crippen molar-refractivity contribution in [2.24, 2.45) is 0 Å². The summed E-state index contributed by atoms with van der Waals surface area (Å²) in [4.78, 5) is 14.4. The van der Waals surface area contributed by atoms with Gasteiger partial charge in [0.05, 0.1) is 10.7 Å². The van der Waals surface area contributed by atoms with Gasteiger partial charge >= 0.3 is 0 Å². The van der Waals surface area contributed by atoms with Crippen LogP contribution in [-0.4, -0.2) is 53.0 Å². The van der Waals surface area contributed by atoms with Crippen LogP contribution in [-0.2, 0) is 16.4 Å². The molecule has 8 heteroatoms. The number of halogens is 1. The number of rotatable bonds is 7. The lowest BCUT2D eigenvalue weighted by Gasteiger charge is -2.20. The number of amides is 1. The first-order valence-corrected chi connectivity index (χ1v) is 11.0. The maximum Gasteiger partial charge on any atom is 0.265 e. The summed E-state index contributed by atoms with van der Waals surface area (Å²) in [6, 6.07) is 11.8. The third-order valence-electron chi connectivity index (χ3n) is 4.67. The van der Waals surface area contributed by atoms with Crippen molar-refractivity contribution >= 4 is 33.2 Å². The van der Waals surface area contributed by atoms with Crippen LogP contribution < -0.4 is 9.62 Å². The van der Waals surface area contributed by atoms with Crippen LogP contribution in [0.2, 0.25) is 5.02 Å². The van der Waals surface area contributed by atoms with Crippen molar-refractivity contribution in [1.82, 2.24) is 10.2 Å². The Morgan fingerprint density at radius 2 is 1.96 bits per heavy atom. The molecule has 2 aromatic rings. The van der Waals surface area contributed by atoms with E-state index in [4.69, 9.17) is 11.6 Å². The average molecular weight is 422 g/mol. The van der Waals surface area contributed by atoms with Gasteiger partial charge in [0.2, 0.25) is 0 Å². The van der Waals surface area contributed by atoms with Gasteiger partial charge in [-0.2, -0.15) is 0 Å². The summed E-state index contributed by atoms with van der Waals surface area (Å²) in [6.07, 6.45) is 1.46. The molecule has 0 spiro atoms. The zero-order valence-electron chi connectivity index (χ0n) is 16.0. The smallest absolute Gasteiger partial charge is 0.265 e. The van der Waals surface area contributed by atoms with Crippen LogP contribution in [0, 0.1) is 0 Å². The monoisotopic (exact) mass is 421 g/mol. The molecule has 0 saturated carbocycles. The zero-order chi connectivity index (χ0) is 20.3. The van der Waals surface area contributed by atoms with E-state index in [1.165, 1.54) is 16.4 Å². The number of hydrogen-bond donors (Lipinski definition) is 1. The largest absolute Gasteiger partial charge is 0.352 e. The van der Waals surface area contributed by atoms with Crippen LogP contribution in [0.3, 0.4) is 0 Å². The average Bonchev–Trinajstić information content (AvgIpc) is 3.10. The quantitative estimate of drug-likeness (QED) is 0.698. The summed E-state index contributed by atoms with van der Waals surface area (Å²) in [5.41, 5.74) is 1.93. The van der Waals surface area contributed by atoms with Gasteiger partial charge in [-0.25, -0.2) is 8.42 Å². The second-order valence-electron chi connectivity index (χ2n) is 7.01. The highest BCUT2D eigenvalue weighted by Crippen LogP contribution is 2.35. The summed E-state index contributed by atoms with van der Waals surface area (Å²) in [5.74, 6) is -0.311. The first kappa shape index (κ1) is 20.6. The second-order valence-corrected chi connectivity index (χ2v) is 9.25. The first-order chi connectivity index (χ1) is 13.3. The number of sulfonamides is 1. The van der Waals surface area contributed by atoms with Crippen molar-refractivity contribution < 1.29 is 13.2 Å². The zero-order valence-corrected chi connectivity index (χ0v) is 17.6. The summed E-state index contributed by atoms with van der Waals surface area (Å²) >= 11 is 6.21. The predicted octanol–water partition coefficient (Wildman–Crippen LogP) is 2.77. The van der Waals surface area contributed by atoms with E-state index in [0.29, 0.717) is 25.2 Å². The lowest BCUT2D eigenvalue weighted by molar-refractivity contribution is 0.0952. The maximum absolute atomic E-state index is 13.2. The molecule has 1 heterocycles. The Kier molecular flexibility index (Phi) is 6.27. The molecule has 1 aliphatic rings. The standard InChI is InChI=1S/C20H24ClN3O3S/c1-23(2)12-5-11-22-20(25)16-8-9-17(21)19(14-16)28(26,27)24-13-10-15-6-3-4-7-18(15)24/h3-4,6-9,14H,5,10-13H2,1-2H3,(H,22,25). The van der Waals surface area contributed by atoms with Gasteiger partial charge in [0, 0.05) is 18.7 Å². The Hall–Kier alpha value is -2.09. The maximum atomic E-state index is 13.2. The van der Waals surface area contributed by atoms with Gasteiger partial charge in [-0.05, 0) is 63.3 Å². The highest BCUT2D eigenvalue weighted by atomic mass is 35.5. The molecule has 1 N–H and O–H groups in total. The minimum absolute atomic E-state index is 0.0492. The minimum Gasteiger partial charge on any atom is -0.352 e. The Balaban J connectivity index is 1.82. The molecule has 2 aromatic carbocycles. The molecule has 0 fully saturated rings. The van der Waals surface area contributed by atoms with Crippen LogP contribution in [0.5, 0.6) is 0 Å². The molecule has 0 radical (unpaired) electrons. The summed E-state index contributed by atoms with van der Waals surface area (Å²) in [7, 11) is 0.0734. The number of para-hydroxylation sites is 1. The van der Waals surface area contributed by atoms with Gasteiger partial charge in [-0.3, -0.25) is 9.10 Å². The normalized spacial score (nSPS) is 13.6. The molecule has 0 atom stereocenters. The SMILES string of the molecule is CN(C)CCCNC(=O)c1ccc(Cl)c(S(=O)(=O)N2CCc3ccccc32)c1. The van der Waals surface area contributed by atoms with Crippen molar-refractivity contribution in [3.05, 3.63) is 58.6 Å². The Morgan fingerprint density at radius 1 is 1.21 bits per heavy atom. The number of anilines is 1. The Morgan fingerprint density at radius 3 is 2.71 bits per heavy atom. The molecule has 3 rings (SSSR count). The highest BCUT2D eigenvalue weighted by molar-refractivity contribution is 7.93. The molecule has 28 heavy (non-hydrogen) atoms. The minimum atomic E-state index is -3.86. The molecule has 0 bridgehead atoms. The predicted molar refractivity (Wildman–Crippen MR) is 112 cm³/mol. The van der Waals surface area contributed by atoms with Gasteiger partial charge in [-0.1, -0.05) is 29.8 Å². The molecule has 6 nitrogen and oxygen atoms in total. The van der Waals surface area contributed by atoms with Gasteiger partial charge in [0.25, 0.3) is 15.9 Å². The molecule has 0 saturated heterocycles. The van der Waals surface area contributed by atoms with E-state index in [1.807, 2.05) is 37.2 Å². The molecular formula is C20H24ClN3O3S. The number of fused-ring (bicyclic) bond motifs is 1. The fourth-order valence-corrected chi connectivity index (χ4v) is 5.22. The number of carbonyl (C=O) groups excluding carboxylic acids is 1. The highest BCUT2D eigenvalue weighted by Gasteiger charge is 2.32. The van der Waals surface area contributed by atoms with Crippen molar-refractivity contribution in [2.45, 2.75) is 17.7 Å². The second kappa shape index (κ2) is 8.51. The topological polar surface area (TPSA) is 69.7 Å². The van der Waals surface area contributed by atoms with E-state index in [2.05, 4.69) is 5.32 Å². The fraction of sp³-hybridized carbons (Fsp3) is 0.350. The van der Waals surface area contributed by atoms with Crippen LogP contribution in [0.25, 0.3) is 0 Å². The van der Waals surface area contributed by atoms with Gasteiger partial charge in [0.15, 0.2) is 0 Å². The van der Waals surface area contributed by atoms with Crippen LogP contribution in [0.1, 0.15) is 22.3 Å². The van der Waals surface area contributed by atoms with E-state index in [-0.39, 0.29) is 21.4 Å². The molecule has 0 aromatic heterocycles. The van der Waals surface area contributed by atoms with E-state index >= 15 is 0 Å². The number of hydrogen-bond acceptors (Lipinski definition) is 4. The van der Waals surface area contributed by atoms with Crippen LogP contribution >= 0.6 is 11.6 Å². The molecular weight excluding hydrogens is 398 g/mol. The first-order valence-electron chi connectivity index (χ1n) is 9.14. The van der Waals surface area contributed by atoms with Crippen molar-refractivity contribution in [3.63, 3.8) is 0 Å². The molecule has 1 aliphatic heterocycles. The van der Waals surface area contributed by atoms with Crippen molar-refractivity contribution in [3.8, 4) is 0 Å². The molecule has 1 amide bonds. The van der Waals surface area contributed by atoms with E-state index in [9.17, 15) is 13.2 Å². The summed E-state index contributed by atoms with van der Waals surface area (Å²) < 4.78 is 27.8. The molecule has 0 aliphatic carbocycles. The van der Waals surface area contributed by atoms with Crippen LogP contribution in [0.4, 0.5) is 5.69 Å². The van der Waals surface area contributed by atoms with Gasteiger partial charge < -0.3 is 10.2 Å². The number of nitrogens with zero attached hydrogens (tertiary/aromatic N) is 2.